The SMILES string of the molecule is NC(=O)c1ccccc1C=CC(=O)NCc1cccnc1. The Morgan fingerprint density at radius 1 is 1.19 bits per heavy atom. The van der Waals surface area contributed by atoms with Crippen molar-refractivity contribution >= 4 is 17.9 Å². The largest absolute Gasteiger partial charge is 0.366 e. The van der Waals surface area contributed by atoms with Gasteiger partial charge in [0.1, 0.15) is 0 Å². The van der Waals surface area contributed by atoms with Crippen LogP contribution in [0.5, 0.6) is 0 Å². The van der Waals surface area contributed by atoms with Gasteiger partial charge in [-0.2, -0.15) is 0 Å². The summed E-state index contributed by atoms with van der Waals surface area (Å²) in [5.74, 6) is -0.774. The molecule has 0 atom stereocenters. The molecule has 0 fully saturated rings. The van der Waals surface area contributed by atoms with Gasteiger partial charge < -0.3 is 11.1 Å². The van der Waals surface area contributed by atoms with Gasteiger partial charge in [0.25, 0.3) is 0 Å². The zero-order valence-electron chi connectivity index (χ0n) is 11.3. The molecule has 0 radical (unpaired) electrons. The van der Waals surface area contributed by atoms with Crippen LogP contribution in [0, 0.1) is 0 Å². The molecule has 5 heteroatoms. The summed E-state index contributed by atoms with van der Waals surface area (Å²) in [6.07, 6.45) is 6.30. The van der Waals surface area contributed by atoms with Crippen LogP contribution in [0.4, 0.5) is 0 Å². The molecule has 0 aliphatic carbocycles. The molecule has 5 nitrogen and oxygen atoms in total. The van der Waals surface area contributed by atoms with Gasteiger partial charge in [-0.1, -0.05) is 24.3 Å². The second kappa shape index (κ2) is 7.00. The Kier molecular flexibility index (Phi) is 4.82. The van der Waals surface area contributed by atoms with Crippen molar-refractivity contribution in [2.24, 2.45) is 5.73 Å². The van der Waals surface area contributed by atoms with E-state index in [4.69, 9.17) is 5.73 Å². The van der Waals surface area contributed by atoms with Crippen molar-refractivity contribution < 1.29 is 9.59 Å². The van der Waals surface area contributed by atoms with Gasteiger partial charge in [-0.05, 0) is 29.3 Å². The van der Waals surface area contributed by atoms with Crippen LogP contribution in [0.25, 0.3) is 6.08 Å². The number of amides is 2. The Morgan fingerprint density at radius 3 is 2.71 bits per heavy atom. The van der Waals surface area contributed by atoms with Gasteiger partial charge in [0.15, 0.2) is 0 Å². The quantitative estimate of drug-likeness (QED) is 0.815. The van der Waals surface area contributed by atoms with Gasteiger partial charge in [0, 0.05) is 30.6 Å². The van der Waals surface area contributed by atoms with E-state index in [1.807, 2.05) is 6.07 Å². The van der Waals surface area contributed by atoms with Crippen LogP contribution in [0.2, 0.25) is 0 Å². The molecule has 0 bridgehead atoms. The summed E-state index contributed by atoms with van der Waals surface area (Å²) in [5, 5.41) is 2.74. The second-order valence-electron chi connectivity index (χ2n) is 4.36. The summed E-state index contributed by atoms with van der Waals surface area (Å²) in [6.45, 7) is 0.397. The van der Waals surface area contributed by atoms with Crippen LogP contribution in [0.15, 0.2) is 54.9 Å². The lowest BCUT2D eigenvalue weighted by Gasteiger charge is -2.03. The number of hydrogen-bond donors (Lipinski definition) is 2. The molecule has 2 rings (SSSR count). The molecule has 0 unspecified atom stereocenters. The van der Waals surface area contributed by atoms with Crippen LogP contribution < -0.4 is 11.1 Å². The number of benzene rings is 1. The lowest BCUT2D eigenvalue weighted by Crippen LogP contribution is -2.20. The predicted molar refractivity (Wildman–Crippen MR) is 80.1 cm³/mol. The Balaban J connectivity index is 1.98. The number of aromatic nitrogens is 1. The van der Waals surface area contributed by atoms with Crippen LogP contribution in [-0.4, -0.2) is 16.8 Å². The third-order valence-corrected chi connectivity index (χ3v) is 2.83. The van der Waals surface area contributed by atoms with Gasteiger partial charge in [-0.3, -0.25) is 14.6 Å². The molecule has 21 heavy (non-hydrogen) atoms. The Bertz CT molecular complexity index is 666. The molecule has 0 aliphatic rings. The van der Waals surface area contributed by atoms with Crippen molar-refractivity contribution in [3.8, 4) is 0 Å². The number of carbonyl (C=O) groups excluding carboxylic acids is 2. The zero-order chi connectivity index (χ0) is 15.1. The number of pyridine rings is 1. The summed E-state index contributed by atoms with van der Waals surface area (Å²) in [5.41, 5.74) is 7.18. The highest BCUT2D eigenvalue weighted by Gasteiger charge is 2.04. The molecule has 3 N–H and O–H groups in total. The van der Waals surface area contributed by atoms with Crippen molar-refractivity contribution in [2.45, 2.75) is 6.54 Å². The Labute approximate surface area is 122 Å². The number of nitrogens with zero attached hydrogens (tertiary/aromatic N) is 1. The second-order valence-corrected chi connectivity index (χ2v) is 4.36. The smallest absolute Gasteiger partial charge is 0.249 e. The van der Waals surface area contributed by atoms with Gasteiger partial charge in [0.2, 0.25) is 11.8 Å². The first kappa shape index (κ1) is 14.5. The van der Waals surface area contributed by atoms with Crippen LogP contribution in [0.3, 0.4) is 0 Å². The summed E-state index contributed by atoms with van der Waals surface area (Å²) in [7, 11) is 0. The molecule has 106 valence electrons. The molecular formula is C16H15N3O2. The third kappa shape index (κ3) is 4.28. The monoisotopic (exact) mass is 281 g/mol. The van der Waals surface area contributed by atoms with Crippen molar-refractivity contribution in [1.82, 2.24) is 10.3 Å². The number of hydrogen-bond acceptors (Lipinski definition) is 3. The highest BCUT2D eigenvalue weighted by atomic mass is 16.1. The Hall–Kier alpha value is -2.95. The fraction of sp³-hybridized carbons (Fsp3) is 0.0625. The molecule has 1 aromatic heterocycles. The maximum atomic E-state index is 11.7. The zero-order valence-corrected chi connectivity index (χ0v) is 11.3. The highest BCUT2D eigenvalue weighted by molar-refractivity contribution is 5.98. The number of primary amides is 1. The molecule has 0 saturated carbocycles. The van der Waals surface area contributed by atoms with Crippen molar-refractivity contribution in [1.29, 1.82) is 0 Å². The molecule has 0 spiro atoms. The minimum Gasteiger partial charge on any atom is -0.366 e. The first-order valence-corrected chi connectivity index (χ1v) is 6.40. The first-order valence-electron chi connectivity index (χ1n) is 6.40. The van der Waals surface area contributed by atoms with Crippen LogP contribution in [-0.2, 0) is 11.3 Å². The summed E-state index contributed by atoms with van der Waals surface area (Å²) < 4.78 is 0. The normalized spacial score (nSPS) is 10.5. The highest BCUT2D eigenvalue weighted by Crippen LogP contribution is 2.09. The number of carbonyl (C=O) groups is 2. The van der Waals surface area contributed by atoms with E-state index in [1.165, 1.54) is 6.08 Å². The topological polar surface area (TPSA) is 85.1 Å². The molecule has 1 heterocycles. The average Bonchev–Trinajstić information content (AvgIpc) is 2.52. The van der Waals surface area contributed by atoms with Crippen LogP contribution >= 0.6 is 0 Å². The maximum Gasteiger partial charge on any atom is 0.249 e. The van der Waals surface area contributed by atoms with Crippen LogP contribution in [0.1, 0.15) is 21.5 Å². The fourth-order valence-electron chi connectivity index (χ4n) is 1.78. The molecular weight excluding hydrogens is 266 g/mol. The molecule has 2 aromatic rings. The third-order valence-electron chi connectivity index (χ3n) is 2.83. The Morgan fingerprint density at radius 2 is 2.00 bits per heavy atom. The number of rotatable bonds is 5. The number of nitrogens with two attached hydrogens (primary N) is 1. The van der Waals surface area contributed by atoms with Gasteiger partial charge in [-0.15, -0.1) is 0 Å². The predicted octanol–water partition coefficient (Wildman–Crippen LogP) is 1.51. The van der Waals surface area contributed by atoms with E-state index in [0.717, 1.165) is 5.56 Å². The standard InChI is InChI=1S/C16H15N3O2/c17-16(21)14-6-2-1-5-13(14)7-8-15(20)19-11-12-4-3-9-18-10-12/h1-10H,11H2,(H2,17,21)(H,19,20). The summed E-state index contributed by atoms with van der Waals surface area (Å²) >= 11 is 0. The van der Waals surface area contributed by atoms with E-state index in [2.05, 4.69) is 10.3 Å². The van der Waals surface area contributed by atoms with Crippen molar-refractivity contribution in [3.63, 3.8) is 0 Å². The van der Waals surface area contributed by atoms with Gasteiger partial charge in [-0.25, -0.2) is 0 Å². The minimum atomic E-state index is -0.522. The first-order chi connectivity index (χ1) is 10.2. The van der Waals surface area contributed by atoms with E-state index in [9.17, 15) is 9.59 Å². The van der Waals surface area contributed by atoms with Crippen molar-refractivity contribution in [2.75, 3.05) is 0 Å². The van der Waals surface area contributed by atoms with E-state index >= 15 is 0 Å². The molecule has 2 amide bonds. The maximum absolute atomic E-state index is 11.7. The fourth-order valence-corrected chi connectivity index (χ4v) is 1.78. The molecule has 0 saturated heterocycles. The lowest BCUT2D eigenvalue weighted by molar-refractivity contribution is -0.116. The molecule has 1 aromatic carbocycles. The minimum absolute atomic E-state index is 0.252. The van der Waals surface area contributed by atoms with Gasteiger partial charge in [0.05, 0.1) is 0 Å². The number of nitrogens with one attached hydrogen (secondary N) is 1. The van der Waals surface area contributed by atoms with E-state index in [0.29, 0.717) is 17.7 Å². The summed E-state index contributed by atoms with van der Waals surface area (Å²) in [6, 6.07) is 10.5. The van der Waals surface area contributed by atoms with Gasteiger partial charge >= 0.3 is 0 Å². The lowest BCUT2D eigenvalue weighted by atomic mass is 10.1. The van der Waals surface area contributed by atoms with E-state index in [-0.39, 0.29) is 5.91 Å². The van der Waals surface area contributed by atoms with E-state index < -0.39 is 5.91 Å². The summed E-state index contributed by atoms with van der Waals surface area (Å²) in [4.78, 5) is 27.0. The van der Waals surface area contributed by atoms with E-state index in [1.54, 1.807) is 48.8 Å². The average molecular weight is 281 g/mol. The molecule has 0 aliphatic heterocycles. The van der Waals surface area contributed by atoms with Crippen molar-refractivity contribution in [3.05, 3.63) is 71.6 Å².